The molecule has 1 N–H and O–H groups in total. The minimum Gasteiger partial charge on any atom is -0.481 e. The number of benzene rings is 1. The van der Waals surface area contributed by atoms with E-state index in [1.807, 2.05) is 52.9 Å². The van der Waals surface area contributed by atoms with Crippen molar-refractivity contribution in [2.75, 3.05) is 0 Å². The fourth-order valence-corrected chi connectivity index (χ4v) is 4.83. The Kier molecular flexibility index (Phi) is 3.41. The molecule has 24 heavy (non-hydrogen) atoms. The minimum absolute atomic E-state index is 0.0421. The van der Waals surface area contributed by atoms with Crippen LogP contribution >= 0.6 is 0 Å². The Morgan fingerprint density at radius 2 is 2.04 bits per heavy atom. The van der Waals surface area contributed by atoms with E-state index < -0.39 is 11.4 Å². The summed E-state index contributed by atoms with van der Waals surface area (Å²) in [6.45, 7) is 2.21. The maximum Gasteiger partial charge on any atom is 0.311 e. The number of carbonyl (C=O) groups excluding carboxylic acids is 1. The van der Waals surface area contributed by atoms with Crippen LogP contribution in [0.15, 0.2) is 36.5 Å². The second-order valence-corrected chi connectivity index (χ2v) is 7.07. The fourth-order valence-electron chi connectivity index (χ4n) is 4.83. The monoisotopic (exact) mass is 326 g/mol. The van der Waals surface area contributed by atoms with E-state index in [-0.39, 0.29) is 24.5 Å². The lowest BCUT2D eigenvalue weighted by atomic mass is 9.72. The van der Waals surface area contributed by atoms with Gasteiger partial charge in [-0.05, 0) is 43.2 Å². The van der Waals surface area contributed by atoms with Crippen LogP contribution in [-0.4, -0.2) is 38.5 Å². The molecular weight excluding hydrogens is 304 g/mol. The van der Waals surface area contributed by atoms with Gasteiger partial charge in [-0.2, -0.15) is 0 Å². The molecule has 2 aliphatic heterocycles. The van der Waals surface area contributed by atoms with Gasteiger partial charge in [-0.1, -0.05) is 25.1 Å². The second kappa shape index (κ2) is 5.36. The van der Waals surface area contributed by atoms with Crippen molar-refractivity contribution in [2.24, 2.45) is 5.41 Å². The SMILES string of the molecule is CC[C@@]1(C(=O)O)C[C@@H]2CC[C@H]1N2C(=O)Cn1ccc2ccccc21. The van der Waals surface area contributed by atoms with Crippen molar-refractivity contribution in [3.8, 4) is 0 Å². The number of hydrogen-bond donors (Lipinski definition) is 1. The molecule has 0 spiro atoms. The highest BCUT2D eigenvalue weighted by atomic mass is 16.4. The molecule has 0 radical (unpaired) electrons. The highest BCUT2D eigenvalue weighted by Crippen LogP contribution is 2.52. The van der Waals surface area contributed by atoms with Crippen molar-refractivity contribution in [3.63, 3.8) is 0 Å². The maximum atomic E-state index is 13.0. The van der Waals surface area contributed by atoms with Crippen molar-refractivity contribution in [1.82, 2.24) is 9.47 Å². The van der Waals surface area contributed by atoms with Gasteiger partial charge in [0.15, 0.2) is 0 Å². The summed E-state index contributed by atoms with van der Waals surface area (Å²) in [6.07, 6.45) is 4.85. The Balaban J connectivity index is 1.60. The summed E-state index contributed by atoms with van der Waals surface area (Å²) >= 11 is 0. The zero-order valence-corrected chi connectivity index (χ0v) is 13.8. The molecule has 1 amide bonds. The predicted molar refractivity (Wildman–Crippen MR) is 90.6 cm³/mol. The van der Waals surface area contributed by atoms with E-state index >= 15 is 0 Å². The highest BCUT2D eigenvalue weighted by molar-refractivity contribution is 5.85. The molecule has 2 bridgehead atoms. The number of para-hydroxylation sites is 1. The molecule has 1 aromatic carbocycles. The molecule has 0 aliphatic carbocycles. The van der Waals surface area contributed by atoms with Gasteiger partial charge in [-0.3, -0.25) is 9.59 Å². The first-order valence-corrected chi connectivity index (χ1v) is 8.65. The minimum atomic E-state index is -0.753. The van der Waals surface area contributed by atoms with E-state index in [0.29, 0.717) is 12.8 Å². The Labute approximate surface area is 140 Å². The third kappa shape index (κ3) is 2.00. The van der Waals surface area contributed by atoms with Crippen molar-refractivity contribution in [2.45, 2.75) is 51.2 Å². The topological polar surface area (TPSA) is 62.5 Å². The van der Waals surface area contributed by atoms with Gasteiger partial charge < -0.3 is 14.6 Å². The lowest BCUT2D eigenvalue weighted by Gasteiger charge is -2.32. The molecule has 3 heterocycles. The van der Waals surface area contributed by atoms with Gasteiger partial charge >= 0.3 is 5.97 Å². The number of fused-ring (bicyclic) bond motifs is 3. The molecule has 2 fully saturated rings. The Bertz CT molecular complexity index is 812. The first-order valence-electron chi connectivity index (χ1n) is 8.65. The summed E-state index contributed by atoms with van der Waals surface area (Å²) in [5, 5.41) is 10.9. The van der Waals surface area contributed by atoms with Crippen molar-refractivity contribution < 1.29 is 14.7 Å². The summed E-state index contributed by atoms with van der Waals surface area (Å²) in [5.41, 5.74) is 0.287. The molecule has 4 rings (SSSR count). The van der Waals surface area contributed by atoms with Crippen LogP contribution < -0.4 is 0 Å². The third-order valence-corrected chi connectivity index (χ3v) is 6.07. The summed E-state index contributed by atoms with van der Waals surface area (Å²) in [5.74, 6) is -0.707. The molecule has 3 atom stereocenters. The van der Waals surface area contributed by atoms with Crippen molar-refractivity contribution in [3.05, 3.63) is 36.5 Å². The van der Waals surface area contributed by atoms with Gasteiger partial charge in [-0.15, -0.1) is 0 Å². The average Bonchev–Trinajstić information content (AvgIpc) is 3.26. The van der Waals surface area contributed by atoms with Gasteiger partial charge in [0.25, 0.3) is 0 Å². The highest BCUT2D eigenvalue weighted by Gasteiger charge is 2.60. The van der Waals surface area contributed by atoms with Crippen LogP contribution in [0.2, 0.25) is 0 Å². The number of aliphatic carboxylic acids is 1. The van der Waals surface area contributed by atoms with E-state index in [9.17, 15) is 14.7 Å². The van der Waals surface area contributed by atoms with Crippen LogP contribution in [0.3, 0.4) is 0 Å². The molecule has 5 heteroatoms. The second-order valence-electron chi connectivity index (χ2n) is 7.07. The van der Waals surface area contributed by atoms with Gasteiger partial charge in [0.05, 0.1) is 5.41 Å². The Morgan fingerprint density at radius 3 is 2.75 bits per heavy atom. The molecule has 2 aromatic rings. The Morgan fingerprint density at radius 1 is 1.25 bits per heavy atom. The number of carbonyl (C=O) groups is 2. The summed E-state index contributed by atoms with van der Waals surface area (Å²) in [6, 6.07) is 9.93. The Hall–Kier alpha value is -2.30. The normalized spacial score (nSPS) is 28.6. The number of carboxylic acids is 1. The van der Waals surface area contributed by atoms with Crippen molar-refractivity contribution in [1.29, 1.82) is 0 Å². The lowest BCUT2D eigenvalue weighted by molar-refractivity contribution is -0.151. The number of nitrogens with zero attached hydrogens (tertiary/aromatic N) is 2. The van der Waals surface area contributed by atoms with E-state index in [1.54, 1.807) is 0 Å². The molecular formula is C19H22N2O3. The number of hydrogen-bond acceptors (Lipinski definition) is 2. The largest absolute Gasteiger partial charge is 0.481 e. The van der Waals surface area contributed by atoms with Crippen LogP contribution in [0.4, 0.5) is 0 Å². The molecule has 0 unspecified atom stereocenters. The lowest BCUT2D eigenvalue weighted by Crippen LogP contribution is -2.45. The molecule has 2 aliphatic rings. The molecule has 126 valence electrons. The number of rotatable bonds is 4. The first-order chi connectivity index (χ1) is 11.6. The number of amides is 1. The summed E-state index contributed by atoms with van der Waals surface area (Å²) in [7, 11) is 0. The van der Waals surface area contributed by atoms with Crippen LogP contribution in [0.1, 0.15) is 32.6 Å². The molecule has 2 saturated heterocycles. The smallest absolute Gasteiger partial charge is 0.311 e. The van der Waals surface area contributed by atoms with E-state index in [2.05, 4.69) is 0 Å². The summed E-state index contributed by atoms with van der Waals surface area (Å²) < 4.78 is 1.96. The van der Waals surface area contributed by atoms with Crippen LogP contribution in [-0.2, 0) is 16.1 Å². The van der Waals surface area contributed by atoms with E-state index in [4.69, 9.17) is 0 Å². The van der Waals surface area contributed by atoms with Crippen molar-refractivity contribution >= 4 is 22.8 Å². The standard InChI is InChI=1S/C19H22N2O3/c1-2-19(18(23)24)11-14-7-8-16(19)21(14)17(22)12-20-10-9-13-5-3-4-6-15(13)20/h3-6,9-10,14,16H,2,7-8,11-12H2,1H3,(H,23,24)/t14-,16+,19+/m0/s1. The zero-order valence-electron chi connectivity index (χ0n) is 13.8. The van der Waals surface area contributed by atoms with Gasteiger partial charge in [0.2, 0.25) is 5.91 Å². The summed E-state index contributed by atoms with van der Waals surface area (Å²) in [4.78, 5) is 26.7. The van der Waals surface area contributed by atoms with Crippen LogP contribution in [0.25, 0.3) is 10.9 Å². The van der Waals surface area contributed by atoms with E-state index in [0.717, 1.165) is 23.7 Å². The van der Waals surface area contributed by atoms with Crippen LogP contribution in [0.5, 0.6) is 0 Å². The van der Waals surface area contributed by atoms with Gasteiger partial charge in [0, 0.05) is 23.8 Å². The third-order valence-electron chi connectivity index (χ3n) is 6.07. The number of carboxylic acid groups (broad SMARTS) is 1. The molecule has 0 saturated carbocycles. The number of aromatic nitrogens is 1. The average molecular weight is 326 g/mol. The predicted octanol–water partition coefficient (Wildman–Crippen LogP) is 2.89. The van der Waals surface area contributed by atoms with E-state index in [1.165, 1.54) is 0 Å². The first kappa shape index (κ1) is 15.2. The molecule has 1 aromatic heterocycles. The zero-order chi connectivity index (χ0) is 16.9. The van der Waals surface area contributed by atoms with Gasteiger partial charge in [-0.25, -0.2) is 0 Å². The van der Waals surface area contributed by atoms with Crippen LogP contribution in [0, 0.1) is 5.41 Å². The van der Waals surface area contributed by atoms with Gasteiger partial charge in [0.1, 0.15) is 6.54 Å². The quantitative estimate of drug-likeness (QED) is 0.940. The molecule has 5 nitrogen and oxygen atoms in total. The maximum absolute atomic E-state index is 13.0. The fraction of sp³-hybridized carbons (Fsp3) is 0.474.